The minimum absolute atomic E-state index is 0.237. The second-order valence-electron chi connectivity index (χ2n) is 5.93. The molecule has 1 aromatic heterocycles. The second-order valence-corrected chi connectivity index (χ2v) is 5.93. The standard InChI is InChI=1S/C16H25N5O3/c1-2-23-16(22)21-9-7-20(8-10-21)14-5-6-17-15(19-14)18-12-13-4-3-11-24-13/h5-6,13H,2-4,7-12H2,1H3,(H,17,18,19). The number of hydrogen-bond donors (Lipinski definition) is 1. The number of nitrogens with zero attached hydrogens (tertiary/aromatic N) is 4. The van der Waals surface area contributed by atoms with Gasteiger partial charge in [-0.15, -0.1) is 0 Å². The van der Waals surface area contributed by atoms with E-state index >= 15 is 0 Å². The molecule has 0 spiro atoms. The molecule has 8 nitrogen and oxygen atoms in total. The van der Waals surface area contributed by atoms with E-state index in [4.69, 9.17) is 9.47 Å². The SMILES string of the molecule is CCOC(=O)N1CCN(c2ccnc(NCC3CCCO3)n2)CC1. The van der Waals surface area contributed by atoms with Crippen LogP contribution < -0.4 is 10.2 Å². The number of carbonyl (C=O) groups is 1. The first-order chi connectivity index (χ1) is 11.8. The van der Waals surface area contributed by atoms with Gasteiger partial charge in [0.15, 0.2) is 0 Å². The van der Waals surface area contributed by atoms with Crippen LogP contribution in [0, 0.1) is 0 Å². The maximum Gasteiger partial charge on any atom is 0.409 e. The molecular formula is C16H25N5O3. The molecule has 3 heterocycles. The van der Waals surface area contributed by atoms with Crippen LogP contribution in [0.3, 0.4) is 0 Å². The molecule has 2 aliphatic rings. The summed E-state index contributed by atoms with van der Waals surface area (Å²) in [7, 11) is 0. The Bertz CT molecular complexity index is 542. The predicted octanol–water partition coefficient (Wildman–Crippen LogP) is 1.35. The molecule has 2 aliphatic heterocycles. The summed E-state index contributed by atoms with van der Waals surface area (Å²) in [6.45, 7) is 6.56. The van der Waals surface area contributed by atoms with Crippen molar-refractivity contribution in [3.05, 3.63) is 12.3 Å². The van der Waals surface area contributed by atoms with Gasteiger partial charge >= 0.3 is 6.09 Å². The fourth-order valence-electron chi connectivity index (χ4n) is 2.95. The van der Waals surface area contributed by atoms with E-state index in [9.17, 15) is 4.79 Å². The summed E-state index contributed by atoms with van der Waals surface area (Å²) >= 11 is 0. The van der Waals surface area contributed by atoms with E-state index in [0.717, 1.165) is 44.9 Å². The van der Waals surface area contributed by atoms with Crippen LogP contribution in [0.5, 0.6) is 0 Å². The van der Waals surface area contributed by atoms with Crippen LogP contribution in [0.4, 0.5) is 16.6 Å². The van der Waals surface area contributed by atoms with Crippen LogP contribution in [0.1, 0.15) is 19.8 Å². The molecular weight excluding hydrogens is 310 g/mol. The zero-order valence-corrected chi connectivity index (χ0v) is 14.1. The number of aromatic nitrogens is 2. The van der Waals surface area contributed by atoms with Gasteiger partial charge in [-0.05, 0) is 25.8 Å². The molecule has 2 fully saturated rings. The van der Waals surface area contributed by atoms with Crippen molar-refractivity contribution >= 4 is 17.9 Å². The molecule has 0 bridgehead atoms. The number of ether oxygens (including phenoxy) is 2. The molecule has 1 unspecified atom stereocenters. The summed E-state index contributed by atoms with van der Waals surface area (Å²) < 4.78 is 10.6. The third-order valence-corrected chi connectivity index (χ3v) is 4.28. The van der Waals surface area contributed by atoms with Crippen LogP contribution in [0.25, 0.3) is 0 Å². The Morgan fingerprint density at radius 1 is 1.42 bits per heavy atom. The molecule has 0 aromatic carbocycles. The Morgan fingerprint density at radius 2 is 2.25 bits per heavy atom. The van der Waals surface area contributed by atoms with Gasteiger partial charge in [0.25, 0.3) is 0 Å². The summed E-state index contributed by atoms with van der Waals surface area (Å²) in [4.78, 5) is 24.5. The van der Waals surface area contributed by atoms with Gasteiger partial charge < -0.3 is 24.6 Å². The average Bonchev–Trinajstić information content (AvgIpc) is 3.14. The normalized spacial score (nSPS) is 21.0. The van der Waals surface area contributed by atoms with Crippen molar-refractivity contribution in [2.45, 2.75) is 25.9 Å². The average molecular weight is 335 g/mol. The van der Waals surface area contributed by atoms with E-state index < -0.39 is 0 Å². The zero-order valence-electron chi connectivity index (χ0n) is 14.1. The van der Waals surface area contributed by atoms with Crippen molar-refractivity contribution in [2.24, 2.45) is 0 Å². The number of carbonyl (C=O) groups excluding carboxylic acids is 1. The molecule has 3 rings (SSSR count). The maximum absolute atomic E-state index is 11.7. The predicted molar refractivity (Wildman–Crippen MR) is 90.3 cm³/mol. The first-order valence-electron chi connectivity index (χ1n) is 8.61. The second kappa shape index (κ2) is 8.14. The molecule has 0 aliphatic carbocycles. The van der Waals surface area contributed by atoms with Gasteiger partial charge in [-0.2, -0.15) is 4.98 Å². The quantitative estimate of drug-likeness (QED) is 0.870. The van der Waals surface area contributed by atoms with Crippen LogP contribution in [-0.4, -0.2) is 73.0 Å². The highest BCUT2D eigenvalue weighted by atomic mass is 16.6. The Hall–Kier alpha value is -2.09. The lowest BCUT2D eigenvalue weighted by Crippen LogP contribution is -2.49. The van der Waals surface area contributed by atoms with E-state index in [-0.39, 0.29) is 12.2 Å². The van der Waals surface area contributed by atoms with Crippen LogP contribution >= 0.6 is 0 Å². The van der Waals surface area contributed by atoms with Crippen LogP contribution in [0.15, 0.2) is 12.3 Å². The fourth-order valence-corrected chi connectivity index (χ4v) is 2.95. The minimum Gasteiger partial charge on any atom is -0.450 e. The van der Waals surface area contributed by atoms with Crippen molar-refractivity contribution in [3.63, 3.8) is 0 Å². The Kier molecular flexibility index (Phi) is 5.68. The Labute approximate surface area is 142 Å². The van der Waals surface area contributed by atoms with Gasteiger partial charge in [0.1, 0.15) is 5.82 Å². The molecule has 132 valence electrons. The minimum atomic E-state index is -0.237. The number of piperazine rings is 1. The monoisotopic (exact) mass is 335 g/mol. The smallest absolute Gasteiger partial charge is 0.409 e. The first-order valence-corrected chi connectivity index (χ1v) is 8.61. The van der Waals surface area contributed by atoms with Gasteiger partial charge in [0.05, 0.1) is 12.7 Å². The molecule has 1 N–H and O–H groups in total. The van der Waals surface area contributed by atoms with Crippen LogP contribution in [-0.2, 0) is 9.47 Å². The molecule has 0 radical (unpaired) electrons. The third kappa shape index (κ3) is 4.25. The van der Waals surface area contributed by atoms with Crippen LogP contribution in [0.2, 0.25) is 0 Å². The maximum atomic E-state index is 11.7. The zero-order chi connectivity index (χ0) is 16.8. The Morgan fingerprint density at radius 3 is 2.96 bits per heavy atom. The lowest BCUT2D eigenvalue weighted by Gasteiger charge is -2.34. The Balaban J connectivity index is 1.52. The van der Waals surface area contributed by atoms with E-state index in [0.29, 0.717) is 25.6 Å². The number of rotatable bonds is 5. The fraction of sp³-hybridized carbons (Fsp3) is 0.688. The summed E-state index contributed by atoms with van der Waals surface area (Å²) in [5.74, 6) is 1.50. The lowest BCUT2D eigenvalue weighted by molar-refractivity contribution is 0.105. The molecule has 2 saturated heterocycles. The summed E-state index contributed by atoms with van der Waals surface area (Å²) in [6, 6.07) is 1.90. The number of amides is 1. The summed E-state index contributed by atoms with van der Waals surface area (Å²) in [6.07, 6.45) is 3.99. The van der Waals surface area contributed by atoms with Crippen molar-refractivity contribution in [1.29, 1.82) is 0 Å². The van der Waals surface area contributed by atoms with Gasteiger partial charge in [-0.1, -0.05) is 0 Å². The largest absolute Gasteiger partial charge is 0.450 e. The highest BCUT2D eigenvalue weighted by molar-refractivity contribution is 5.68. The van der Waals surface area contributed by atoms with Gasteiger partial charge in [-0.25, -0.2) is 9.78 Å². The van der Waals surface area contributed by atoms with E-state index in [1.54, 1.807) is 11.1 Å². The van der Waals surface area contributed by atoms with Gasteiger partial charge in [-0.3, -0.25) is 0 Å². The highest BCUT2D eigenvalue weighted by Crippen LogP contribution is 2.16. The first kappa shape index (κ1) is 16.8. The number of hydrogen-bond acceptors (Lipinski definition) is 7. The van der Waals surface area contributed by atoms with Crippen molar-refractivity contribution < 1.29 is 14.3 Å². The van der Waals surface area contributed by atoms with Crippen molar-refractivity contribution in [3.8, 4) is 0 Å². The molecule has 1 atom stereocenters. The molecule has 1 amide bonds. The van der Waals surface area contributed by atoms with E-state index in [1.807, 2.05) is 13.0 Å². The van der Waals surface area contributed by atoms with Crippen molar-refractivity contribution in [1.82, 2.24) is 14.9 Å². The van der Waals surface area contributed by atoms with Gasteiger partial charge in [0, 0.05) is 45.5 Å². The van der Waals surface area contributed by atoms with E-state index in [2.05, 4.69) is 20.2 Å². The topological polar surface area (TPSA) is 79.8 Å². The third-order valence-electron chi connectivity index (χ3n) is 4.28. The molecule has 24 heavy (non-hydrogen) atoms. The molecule has 1 aromatic rings. The lowest BCUT2D eigenvalue weighted by atomic mass is 10.2. The van der Waals surface area contributed by atoms with Gasteiger partial charge in [0.2, 0.25) is 5.95 Å². The molecule has 0 saturated carbocycles. The number of nitrogens with one attached hydrogen (secondary N) is 1. The summed E-state index contributed by atoms with van der Waals surface area (Å²) in [5.41, 5.74) is 0. The van der Waals surface area contributed by atoms with Crippen molar-refractivity contribution in [2.75, 3.05) is 56.2 Å². The molecule has 8 heteroatoms. The highest BCUT2D eigenvalue weighted by Gasteiger charge is 2.23. The number of anilines is 2. The van der Waals surface area contributed by atoms with E-state index in [1.165, 1.54) is 0 Å². The summed E-state index contributed by atoms with van der Waals surface area (Å²) in [5, 5.41) is 3.25.